The number of likely N-dealkylation sites (N-methyl/N-ethyl adjacent to an activating group) is 1. The number of thioether (sulfide) groups is 1. The first kappa shape index (κ1) is 25.7. The van der Waals surface area contributed by atoms with E-state index in [4.69, 9.17) is 0 Å². The first-order valence-electron chi connectivity index (χ1n) is 11.4. The smallest absolute Gasteiger partial charge is 0.353 e. The molecule has 0 aliphatic carbocycles. The lowest BCUT2D eigenvalue weighted by molar-refractivity contribution is -0.157. The molecule has 10 nitrogen and oxygen atoms in total. The number of β-lactam (4-membered cyclic amide) rings is 1. The number of aliphatic carboxylic acids is 1. The van der Waals surface area contributed by atoms with Crippen molar-refractivity contribution in [3.63, 3.8) is 0 Å². The van der Waals surface area contributed by atoms with Crippen LogP contribution >= 0.6 is 11.8 Å². The zero-order chi connectivity index (χ0) is 25.7. The molecular weight excluding hydrogens is 492 g/mol. The van der Waals surface area contributed by atoms with Gasteiger partial charge in [-0.2, -0.15) is 0 Å². The number of nitrogens with zero attached hydrogens (tertiary/aromatic N) is 2. The van der Waals surface area contributed by atoms with E-state index in [1.165, 1.54) is 33.7 Å². The number of amides is 2. The number of rotatable bonds is 8. The van der Waals surface area contributed by atoms with Crippen molar-refractivity contribution in [3.8, 4) is 0 Å². The number of hydrogen-bond donors (Lipinski definition) is 3. The Morgan fingerprint density at radius 2 is 1.91 bits per heavy atom. The van der Waals surface area contributed by atoms with E-state index in [0.717, 1.165) is 0 Å². The minimum Gasteiger partial charge on any atom is -0.477 e. The van der Waals surface area contributed by atoms with Gasteiger partial charge in [-0.25, -0.2) is 17.9 Å². The van der Waals surface area contributed by atoms with Crippen molar-refractivity contribution in [1.29, 1.82) is 0 Å². The van der Waals surface area contributed by atoms with Gasteiger partial charge in [-0.1, -0.05) is 25.1 Å². The fourth-order valence-corrected chi connectivity index (χ4v) is 7.92. The molecule has 0 unspecified atom stereocenters. The molecule has 2 saturated heterocycles. The number of fused-ring (bicyclic) bond motifs is 1. The highest BCUT2D eigenvalue weighted by atomic mass is 32.2. The van der Waals surface area contributed by atoms with Crippen LogP contribution in [-0.4, -0.2) is 85.1 Å². The lowest BCUT2D eigenvalue weighted by Crippen LogP contribution is -2.66. The Hall–Kier alpha value is -2.41. The quantitative estimate of drug-likeness (QED) is 0.424. The van der Waals surface area contributed by atoms with E-state index in [9.17, 15) is 27.9 Å². The maximum atomic E-state index is 13.1. The maximum Gasteiger partial charge on any atom is 0.353 e. The number of carboxylic acid groups (broad SMARTS) is 1. The first-order chi connectivity index (χ1) is 16.4. The average Bonchev–Trinajstić information content (AvgIpc) is 3.35. The van der Waals surface area contributed by atoms with Gasteiger partial charge in [0.2, 0.25) is 21.8 Å². The van der Waals surface area contributed by atoms with Gasteiger partial charge in [-0.05, 0) is 25.5 Å². The number of hydrogen-bond acceptors (Lipinski definition) is 7. The van der Waals surface area contributed by atoms with Crippen LogP contribution in [0.2, 0.25) is 0 Å². The summed E-state index contributed by atoms with van der Waals surface area (Å²) in [5.41, 5.74) is -0.0331. The van der Waals surface area contributed by atoms with Crippen LogP contribution in [-0.2, 0) is 24.4 Å². The zero-order valence-corrected chi connectivity index (χ0v) is 21.6. The fraction of sp³-hybridized carbons (Fsp3) is 0.522. The molecule has 6 atom stereocenters. The molecule has 0 bridgehead atoms. The van der Waals surface area contributed by atoms with Crippen LogP contribution in [0, 0.1) is 11.8 Å². The van der Waals surface area contributed by atoms with Crippen LogP contribution in [0.25, 0.3) is 0 Å². The van der Waals surface area contributed by atoms with Crippen LogP contribution in [0.3, 0.4) is 0 Å². The average molecular weight is 523 g/mol. The first-order valence-corrected chi connectivity index (χ1v) is 13.8. The monoisotopic (exact) mass is 522 g/mol. The van der Waals surface area contributed by atoms with Gasteiger partial charge < -0.3 is 20.2 Å². The Bertz CT molecular complexity index is 1170. The summed E-state index contributed by atoms with van der Waals surface area (Å²) in [4.78, 5) is 41.1. The van der Waals surface area contributed by atoms with Crippen molar-refractivity contribution in [2.24, 2.45) is 11.8 Å². The van der Waals surface area contributed by atoms with E-state index in [0.29, 0.717) is 17.9 Å². The molecule has 2 fully saturated rings. The molecule has 190 valence electrons. The van der Waals surface area contributed by atoms with Gasteiger partial charge in [0, 0.05) is 42.8 Å². The van der Waals surface area contributed by atoms with Gasteiger partial charge in [0.1, 0.15) is 5.70 Å². The minimum atomic E-state index is -3.83. The largest absolute Gasteiger partial charge is 0.477 e. The van der Waals surface area contributed by atoms with Gasteiger partial charge >= 0.3 is 5.97 Å². The molecule has 0 saturated carbocycles. The molecule has 0 radical (unpaired) electrons. The van der Waals surface area contributed by atoms with E-state index in [2.05, 4.69) is 10.0 Å². The molecule has 3 aliphatic rings. The summed E-state index contributed by atoms with van der Waals surface area (Å²) in [5, 5.41) is 13.1. The zero-order valence-electron chi connectivity index (χ0n) is 20.0. The highest BCUT2D eigenvalue weighted by Crippen LogP contribution is 2.52. The van der Waals surface area contributed by atoms with E-state index >= 15 is 0 Å². The van der Waals surface area contributed by atoms with Gasteiger partial charge in [-0.3, -0.25) is 9.59 Å². The Labute approximate surface area is 209 Å². The Morgan fingerprint density at radius 3 is 2.51 bits per heavy atom. The second kappa shape index (κ2) is 9.57. The van der Waals surface area contributed by atoms with E-state index in [-0.39, 0.29) is 33.7 Å². The molecular formula is C23H30N4O6S2. The summed E-state index contributed by atoms with van der Waals surface area (Å²) in [7, 11) is -0.448. The number of carbonyl (C=O) groups is 3. The number of nitrogens with one attached hydrogen (secondary N) is 2. The second-order valence-electron chi connectivity index (χ2n) is 9.42. The van der Waals surface area contributed by atoms with Crippen molar-refractivity contribution in [2.75, 3.05) is 20.6 Å². The molecule has 2 amide bonds. The lowest BCUT2D eigenvalue weighted by Gasteiger charge is -2.47. The predicted molar refractivity (Wildman–Crippen MR) is 131 cm³/mol. The highest BCUT2D eigenvalue weighted by molar-refractivity contribution is 8.03. The Balaban J connectivity index is 1.50. The molecule has 3 N–H and O–H groups in total. The van der Waals surface area contributed by atoms with Gasteiger partial charge in [0.05, 0.1) is 22.9 Å². The second-order valence-corrected chi connectivity index (χ2v) is 12.5. The molecule has 3 heterocycles. The van der Waals surface area contributed by atoms with E-state index in [1.807, 2.05) is 6.92 Å². The van der Waals surface area contributed by atoms with Crippen molar-refractivity contribution in [1.82, 2.24) is 19.8 Å². The van der Waals surface area contributed by atoms with Crippen molar-refractivity contribution >= 4 is 39.6 Å². The van der Waals surface area contributed by atoms with Gasteiger partial charge in [0.25, 0.3) is 0 Å². The maximum absolute atomic E-state index is 13.1. The number of carbonyl (C=O) groups excluding carboxylic acids is 2. The SMILES string of the molecule is C[C@@H](NS(=O)(=O)c1ccccc1)[C@H]1C(=O)N2C(C(=O)O)=C(S[C@@H]3CN[C@H](C(=O)N(C)C)C3)[C@H](C)[C@H]12. The van der Waals surface area contributed by atoms with Crippen LogP contribution in [0.5, 0.6) is 0 Å². The number of carboxylic acids is 1. The Morgan fingerprint density at radius 1 is 1.26 bits per heavy atom. The van der Waals surface area contributed by atoms with Crippen LogP contribution in [0.15, 0.2) is 45.8 Å². The molecule has 0 aromatic heterocycles. The Kier molecular flexibility index (Phi) is 7.02. The summed E-state index contributed by atoms with van der Waals surface area (Å²) in [5.74, 6) is -2.57. The number of benzene rings is 1. The van der Waals surface area contributed by atoms with Gasteiger partial charge in [0.15, 0.2) is 0 Å². The normalized spacial score (nSPS) is 29.1. The molecule has 12 heteroatoms. The molecule has 4 rings (SSSR count). The highest BCUT2D eigenvalue weighted by Gasteiger charge is 2.60. The summed E-state index contributed by atoms with van der Waals surface area (Å²) >= 11 is 1.40. The standard InChI is InChI=1S/C23H30N4O6S2/c1-12-18-17(13(2)25-35(32,33)15-8-6-5-7-9-15)22(29)27(18)19(23(30)31)20(12)34-14-10-16(24-11-14)21(28)26(3)4/h5-9,12-14,16-18,24-25H,10-11H2,1-4H3,(H,30,31)/t12-,13-,14+,16+,17-,18-/m1/s1. The molecule has 1 aromatic carbocycles. The van der Waals surface area contributed by atoms with E-state index in [1.54, 1.807) is 39.2 Å². The molecule has 1 aromatic rings. The minimum absolute atomic E-state index is 0.0167. The topological polar surface area (TPSA) is 136 Å². The third kappa shape index (κ3) is 4.59. The van der Waals surface area contributed by atoms with Crippen molar-refractivity contribution in [2.45, 2.75) is 48.5 Å². The van der Waals surface area contributed by atoms with Crippen LogP contribution in [0.1, 0.15) is 20.3 Å². The third-order valence-electron chi connectivity index (χ3n) is 6.85. The lowest BCUT2D eigenvalue weighted by atomic mass is 9.78. The van der Waals surface area contributed by atoms with Crippen LogP contribution < -0.4 is 10.0 Å². The summed E-state index contributed by atoms with van der Waals surface area (Å²) < 4.78 is 28.2. The molecule has 35 heavy (non-hydrogen) atoms. The summed E-state index contributed by atoms with van der Waals surface area (Å²) in [6, 6.07) is 6.42. The van der Waals surface area contributed by atoms with Crippen LogP contribution in [0.4, 0.5) is 0 Å². The molecule has 0 spiro atoms. The number of sulfonamides is 1. The summed E-state index contributed by atoms with van der Waals surface area (Å²) in [6.07, 6.45) is 0.556. The summed E-state index contributed by atoms with van der Waals surface area (Å²) in [6.45, 7) is 4.06. The fourth-order valence-electron chi connectivity index (χ4n) is 5.15. The molecule has 3 aliphatic heterocycles. The van der Waals surface area contributed by atoms with Crippen molar-refractivity contribution < 1.29 is 27.9 Å². The predicted octanol–water partition coefficient (Wildman–Crippen LogP) is 0.678. The van der Waals surface area contributed by atoms with Crippen molar-refractivity contribution in [3.05, 3.63) is 40.9 Å². The third-order valence-corrected chi connectivity index (χ3v) is 9.93. The van der Waals surface area contributed by atoms with Gasteiger partial charge in [-0.15, -0.1) is 11.8 Å². The van der Waals surface area contributed by atoms with E-state index < -0.39 is 39.9 Å².